The number of nitrogens with zero attached hydrogens (tertiary/aromatic N) is 2. The summed E-state index contributed by atoms with van der Waals surface area (Å²) in [6.45, 7) is 5.14. The molecule has 1 aromatic heterocycles. The minimum Gasteiger partial charge on any atom is -0.508 e. The summed E-state index contributed by atoms with van der Waals surface area (Å²) in [6, 6.07) is -9.86. The number of aliphatic hydroxyl groups excluding tert-OH is 1. The van der Waals surface area contributed by atoms with E-state index < -0.39 is 175 Å². The first-order valence-corrected chi connectivity index (χ1v) is 36.0. The van der Waals surface area contributed by atoms with Gasteiger partial charge < -0.3 is 95.4 Å². The van der Waals surface area contributed by atoms with Crippen LogP contribution in [0.5, 0.6) is 5.75 Å². The number of aromatic nitrogens is 2. The van der Waals surface area contributed by atoms with E-state index in [0.717, 1.165) is 48.1 Å². The maximum Gasteiger partial charge on any atom is 0.246 e. The number of rotatable bonds is 18. The van der Waals surface area contributed by atoms with Gasteiger partial charge in [-0.05, 0) is 68.2 Å². The molecule has 0 aliphatic carbocycles. The van der Waals surface area contributed by atoms with E-state index in [1.54, 1.807) is 27.7 Å². The zero-order chi connectivity index (χ0) is 69.5. The minimum atomic E-state index is -1.60. The van der Waals surface area contributed by atoms with Crippen molar-refractivity contribution in [1.82, 2.24) is 78.7 Å². The van der Waals surface area contributed by atoms with E-state index in [9.17, 15) is 77.3 Å². The lowest BCUT2D eigenvalue weighted by Crippen LogP contribution is -2.61. The van der Waals surface area contributed by atoms with Crippen LogP contribution in [0.25, 0.3) is 0 Å². The fourth-order valence-electron chi connectivity index (χ4n) is 10.4. The summed E-state index contributed by atoms with van der Waals surface area (Å²) in [5.74, 6) is -14.3. The van der Waals surface area contributed by atoms with Gasteiger partial charge in [0.25, 0.3) is 0 Å². The Balaban J connectivity index is 1.41. The third-order valence-electron chi connectivity index (χ3n) is 15.5. The highest BCUT2D eigenvalue weighted by molar-refractivity contribution is 8.77. The lowest BCUT2D eigenvalue weighted by molar-refractivity contribution is -0.142. The van der Waals surface area contributed by atoms with Crippen LogP contribution in [-0.2, 0) is 80.0 Å². The molecule has 0 spiro atoms. The molecule has 1 aromatic carbocycles. The van der Waals surface area contributed by atoms with Crippen molar-refractivity contribution in [3.05, 3.63) is 48.0 Å². The maximum atomic E-state index is 15.0. The monoisotopic (exact) mass is 1400 g/mol. The summed E-state index contributed by atoms with van der Waals surface area (Å²) in [4.78, 5) is 204. The van der Waals surface area contributed by atoms with Gasteiger partial charge in [0.1, 0.15) is 72.2 Å². The Bertz CT molecular complexity index is 3080. The second-order valence-electron chi connectivity index (χ2n) is 23.9. The molecule has 6 rings (SSSR count). The fourth-order valence-corrected chi connectivity index (χ4v) is 15.0. The Labute approximate surface area is 563 Å². The van der Waals surface area contributed by atoms with Gasteiger partial charge in [-0.25, -0.2) is 4.98 Å². The number of aliphatic hydroxyl groups is 1. The van der Waals surface area contributed by atoms with Crippen molar-refractivity contribution in [3.63, 3.8) is 0 Å². The third kappa shape index (κ3) is 24.1. The number of fused-ring (bicyclic) bond motifs is 6. The van der Waals surface area contributed by atoms with E-state index in [1.807, 2.05) is 0 Å². The largest absolute Gasteiger partial charge is 0.508 e. The van der Waals surface area contributed by atoms with Crippen molar-refractivity contribution >= 4 is 126 Å². The number of benzene rings is 1. The predicted octanol–water partition coefficient (Wildman–Crippen LogP) is -5.16. The fraction of sp³-hybridized carbons (Fsp3) is 0.603. The van der Waals surface area contributed by atoms with Gasteiger partial charge in [-0.3, -0.25) is 67.1 Å². The van der Waals surface area contributed by atoms with E-state index in [0.29, 0.717) is 24.1 Å². The molecule has 0 unspecified atom stereocenters. The number of primary amides is 1. The summed E-state index contributed by atoms with van der Waals surface area (Å²) in [7, 11) is 3.66. The first kappa shape index (κ1) is 76.2. The summed E-state index contributed by atoms with van der Waals surface area (Å²) in [5, 5.41) is 52.3. The number of H-pyrrole nitrogens is 1. The highest BCUT2D eigenvalue weighted by Gasteiger charge is 2.44. The Morgan fingerprint density at radius 3 is 1.98 bits per heavy atom. The number of nitrogens with one attached hydrogen (secondary N) is 13. The number of unbranched alkanes of at least 4 members (excludes halogenated alkanes) is 1. The number of nitrogens with two attached hydrogens (primary N) is 2. The first-order chi connectivity index (χ1) is 45.2. The van der Waals surface area contributed by atoms with Crippen LogP contribution >= 0.6 is 43.2 Å². The van der Waals surface area contributed by atoms with Crippen LogP contribution < -0.4 is 75.3 Å². The number of carbonyl (C=O) groups excluding carboxylic acids is 14. The van der Waals surface area contributed by atoms with Crippen molar-refractivity contribution in [2.75, 3.05) is 49.2 Å². The number of hydrogen-bond donors (Lipinski definition) is 17. The normalized spacial score (nSPS) is 26.4. The average Bonchev–Trinajstić information content (AvgIpc) is 1.71. The lowest BCUT2D eigenvalue weighted by Gasteiger charge is -2.31. The smallest absolute Gasteiger partial charge is 0.246 e. The molecule has 0 saturated carbocycles. The van der Waals surface area contributed by atoms with Gasteiger partial charge in [0.05, 0.1) is 25.5 Å². The standard InChI is InChI=1S/C58H85N17O16S4/c1-28(2)15-36-52(85)72-41-25-95-93-24-40(50(83)63-20-45(79)66-37(16-30-8-10-32(76)11-9-30)53(86)67-34(51(84)68-36)7-5-6-14-59)71-55(88)42(73-57(90)47(29(3)4)74-46(80)21-62-49(82)35-12-13-44(78)65-35)26-94-92-23-39(48(60)81)70-56(89)43-18-33(77)22-75(43)58(91)38(69-54(41)87)17-31-19-61-27-64-31/h8-11,19,27-29,33-43,47,76-77H,5-7,12-18,20-26,59H2,1-4H3,(H2,60,81)(H,61,64)(H,62,82)(H,63,83)(H,65,78)(H,66,79)(H,67,86)(H,68,84)(H,69,87)(H,70,89)(H,71,88)(H,72,85)(H,73,90)(H,74,80)/t33-,34+,35+,36+,37-,38+,39+,40+,41+,42+,43+,47+/m1/s1. The topological polar surface area (TPSA) is 508 Å². The van der Waals surface area contributed by atoms with E-state index >= 15 is 0 Å². The predicted molar refractivity (Wildman–Crippen MR) is 351 cm³/mol. The number of carbonyl (C=O) groups is 14. The van der Waals surface area contributed by atoms with Crippen molar-refractivity contribution < 1.29 is 77.3 Å². The molecule has 12 atom stereocenters. The molecule has 14 amide bonds. The van der Waals surface area contributed by atoms with Gasteiger partial charge in [0, 0.05) is 67.1 Å². The van der Waals surface area contributed by atoms with Crippen molar-refractivity contribution in [3.8, 4) is 5.75 Å². The number of phenols is 1. The van der Waals surface area contributed by atoms with Crippen LogP contribution in [0, 0.1) is 11.8 Å². The van der Waals surface area contributed by atoms with Crippen molar-refractivity contribution in [2.24, 2.45) is 23.3 Å². The van der Waals surface area contributed by atoms with Crippen molar-refractivity contribution in [2.45, 2.75) is 158 Å². The van der Waals surface area contributed by atoms with Crippen molar-refractivity contribution in [1.29, 1.82) is 0 Å². The quantitative estimate of drug-likeness (QED) is 0.0490. The summed E-state index contributed by atoms with van der Waals surface area (Å²) in [5.41, 5.74) is 12.4. The molecule has 2 bridgehead atoms. The molecule has 5 heterocycles. The Kier molecular flexibility index (Phi) is 30.0. The van der Waals surface area contributed by atoms with E-state index in [4.69, 9.17) is 11.5 Å². The van der Waals surface area contributed by atoms with E-state index in [2.05, 4.69) is 73.8 Å². The zero-order valence-electron chi connectivity index (χ0n) is 52.9. The van der Waals surface area contributed by atoms with Crippen LogP contribution in [0.1, 0.15) is 83.9 Å². The molecule has 4 fully saturated rings. The lowest BCUT2D eigenvalue weighted by atomic mass is 10.0. The molecule has 4 aliphatic rings. The molecule has 2 aromatic rings. The molecule has 522 valence electrons. The van der Waals surface area contributed by atoms with Gasteiger partial charge in [-0.1, -0.05) is 83.0 Å². The number of imidazole rings is 1. The molecule has 19 N–H and O–H groups in total. The van der Waals surface area contributed by atoms with Crippen LogP contribution in [0.4, 0.5) is 0 Å². The van der Waals surface area contributed by atoms with Gasteiger partial charge in [0.2, 0.25) is 82.7 Å². The molecule has 33 nitrogen and oxygen atoms in total. The Morgan fingerprint density at radius 1 is 0.695 bits per heavy atom. The summed E-state index contributed by atoms with van der Waals surface area (Å²) < 4.78 is 0. The SMILES string of the molecule is CC(C)C[C@@H]1NC(=O)[C@H](CCCCN)NC(=O)[C@@H](Cc2ccc(O)cc2)NC(=O)CNC(=O)[C@@H]2CSSC[C@H](NC1=O)C(=O)N[C@@H](Cc1cnc[nH]1)C(=O)N1C[C@H](O)C[C@H]1C(=O)N[C@H](C(N)=O)CSSC[C@H](NC(=O)[C@@H](NC(=O)CNC(=O)[C@@H]1CCC(=O)N1)C(C)C)C(=O)N2. The van der Waals surface area contributed by atoms with Gasteiger partial charge in [0.15, 0.2) is 0 Å². The van der Waals surface area contributed by atoms with Gasteiger partial charge in [-0.2, -0.15) is 0 Å². The zero-order valence-corrected chi connectivity index (χ0v) is 56.1. The molecule has 4 aliphatic heterocycles. The van der Waals surface area contributed by atoms with Crippen LogP contribution in [0.2, 0.25) is 0 Å². The molecule has 95 heavy (non-hydrogen) atoms. The third-order valence-corrected chi connectivity index (χ3v) is 20.3. The Hall–Kier alpha value is -7.87. The summed E-state index contributed by atoms with van der Waals surface area (Å²) in [6.07, 6.45) is 1.71. The minimum absolute atomic E-state index is 0.00266. The molecular formula is C58H85N17O16S4. The number of hydrogen-bond acceptors (Lipinski definition) is 22. The highest BCUT2D eigenvalue weighted by Crippen LogP contribution is 2.27. The average molecular weight is 1400 g/mol. The van der Waals surface area contributed by atoms with Crippen LogP contribution in [0.3, 0.4) is 0 Å². The maximum absolute atomic E-state index is 15.0. The number of amides is 14. The van der Waals surface area contributed by atoms with E-state index in [-0.39, 0.29) is 92.1 Å². The van der Waals surface area contributed by atoms with Gasteiger partial charge in [-0.15, -0.1) is 0 Å². The number of phenolic OH excluding ortho intramolecular Hbond substituents is 1. The highest BCUT2D eigenvalue weighted by atomic mass is 33.1. The Morgan fingerprint density at radius 2 is 1.34 bits per heavy atom. The molecule has 4 saturated heterocycles. The van der Waals surface area contributed by atoms with E-state index in [1.165, 1.54) is 36.8 Å². The number of aromatic hydroxyl groups is 1. The molecular weight excluding hydrogens is 1320 g/mol. The summed E-state index contributed by atoms with van der Waals surface area (Å²) >= 11 is 0. The van der Waals surface area contributed by atoms with Crippen LogP contribution in [0.15, 0.2) is 36.8 Å². The van der Waals surface area contributed by atoms with Gasteiger partial charge >= 0.3 is 0 Å². The number of aromatic amines is 1. The van der Waals surface area contributed by atoms with Crippen LogP contribution in [-0.4, -0.2) is 230 Å². The first-order valence-electron chi connectivity index (χ1n) is 31.0. The second-order valence-corrected chi connectivity index (χ2v) is 29.0. The molecule has 0 radical (unpaired) electrons. The molecule has 37 heteroatoms. The second kappa shape index (κ2) is 37.4.